The van der Waals surface area contributed by atoms with Crippen LogP contribution in [0.5, 0.6) is 0 Å². The van der Waals surface area contributed by atoms with Crippen LogP contribution in [0.15, 0.2) is 12.1 Å². The van der Waals surface area contributed by atoms with E-state index in [9.17, 15) is 14.0 Å². The number of carboxylic acid groups (broad SMARTS) is 2. The lowest BCUT2D eigenvalue weighted by molar-refractivity contribution is -0.138. The number of hydrogen-bond acceptors (Lipinski definition) is 3. The van der Waals surface area contributed by atoms with E-state index >= 15 is 0 Å². The lowest BCUT2D eigenvalue weighted by Crippen LogP contribution is -2.22. The Morgan fingerprint density at radius 3 is 2.41 bits per heavy atom. The number of aliphatic carboxylic acids is 1. The maximum absolute atomic E-state index is 13.3. The fourth-order valence-corrected chi connectivity index (χ4v) is 1.59. The molecule has 0 aromatic heterocycles. The predicted molar refractivity (Wildman–Crippen MR) is 57.5 cm³/mol. The van der Waals surface area contributed by atoms with Crippen LogP contribution in [0.4, 0.5) is 4.39 Å². The Hall–Kier alpha value is -1.95. The molecule has 0 aliphatic rings. The van der Waals surface area contributed by atoms with Gasteiger partial charge in [-0.1, -0.05) is 0 Å². The fraction of sp³-hybridized carbons (Fsp3) is 0.273. The Balaban J connectivity index is 3.38. The van der Waals surface area contributed by atoms with E-state index in [4.69, 9.17) is 15.9 Å². The van der Waals surface area contributed by atoms with E-state index in [0.717, 1.165) is 12.1 Å². The van der Waals surface area contributed by atoms with Crippen molar-refractivity contribution >= 4 is 11.9 Å². The van der Waals surface area contributed by atoms with Gasteiger partial charge in [0.05, 0.1) is 11.5 Å². The number of hydrogen-bond donors (Lipinski definition) is 3. The number of aryl methyl sites for hydroxylation is 1. The summed E-state index contributed by atoms with van der Waals surface area (Å²) in [6.45, 7) is 1.33. The second-order valence-electron chi connectivity index (χ2n) is 3.62. The van der Waals surface area contributed by atoms with Gasteiger partial charge in [0.15, 0.2) is 0 Å². The lowest BCUT2D eigenvalue weighted by Gasteiger charge is -2.14. The molecular weight excluding hydrogens is 229 g/mol. The van der Waals surface area contributed by atoms with E-state index in [2.05, 4.69) is 0 Å². The molecule has 1 aromatic carbocycles. The van der Waals surface area contributed by atoms with Crippen molar-refractivity contribution in [2.45, 2.75) is 12.8 Å². The fourth-order valence-electron chi connectivity index (χ4n) is 1.59. The van der Waals surface area contributed by atoms with E-state index in [1.807, 2.05) is 0 Å². The van der Waals surface area contributed by atoms with Crippen molar-refractivity contribution in [2.75, 3.05) is 6.54 Å². The van der Waals surface area contributed by atoms with Gasteiger partial charge in [-0.3, -0.25) is 4.79 Å². The summed E-state index contributed by atoms with van der Waals surface area (Å²) < 4.78 is 13.3. The van der Waals surface area contributed by atoms with Crippen LogP contribution in [0.1, 0.15) is 27.4 Å². The molecular formula is C11H12FNO4. The van der Waals surface area contributed by atoms with Gasteiger partial charge in [-0.05, 0) is 30.2 Å². The van der Waals surface area contributed by atoms with Gasteiger partial charge < -0.3 is 15.9 Å². The molecule has 0 amide bonds. The summed E-state index contributed by atoms with van der Waals surface area (Å²) in [6.07, 6.45) is 0. The van der Waals surface area contributed by atoms with Crippen LogP contribution in [0.3, 0.4) is 0 Å². The molecule has 0 saturated heterocycles. The third-order valence-corrected chi connectivity index (χ3v) is 2.50. The minimum absolute atomic E-state index is 0.180. The van der Waals surface area contributed by atoms with E-state index in [0.29, 0.717) is 5.56 Å². The number of rotatable bonds is 4. The molecule has 92 valence electrons. The van der Waals surface area contributed by atoms with E-state index < -0.39 is 29.2 Å². The monoisotopic (exact) mass is 241 g/mol. The summed E-state index contributed by atoms with van der Waals surface area (Å²) >= 11 is 0. The maximum Gasteiger partial charge on any atom is 0.338 e. The molecule has 4 N–H and O–H groups in total. The first-order valence-corrected chi connectivity index (χ1v) is 4.84. The molecule has 0 saturated carbocycles. The third-order valence-electron chi connectivity index (χ3n) is 2.50. The third kappa shape index (κ3) is 2.59. The topological polar surface area (TPSA) is 101 Å². The van der Waals surface area contributed by atoms with Crippen LogP contribution in [0, 0.1) is 12.7 Å². The van der Waals surface area contributed by atoms with Crippen molar-refractivity contribution in [3.8, 4) is 0 Å². The summed E-state index contributed by atoms with van der Waals surface area (Å²) in [5.74, 6) is -4.53. The van der Waals surface area contributed by atoms with Gasteiger partial charge in [-0.2, -0.15) is 0 Å². The van der Waals surface area contributed by atoms with Gasteiger partial charge in [-0.15, -0.1) is 0 Å². The number of halogens is 1. The lowest BCUT2D eigenvalue weighted by atomic mass is 9.93. The first kappa shape index (κ1) is 13.1. The minimum atomic E-state index is -1.44. The van der Waals surface area contributed by atoms with Gasteiger partial charge >= 0.3 is 11.9 Å². The zero-order valence-corrected chi connectivity index (χ0v) is 9.11. The van der Waals surface area contributed by atoms with Crippen LogP contribution >= 0.6 is 0 Å². The Kier molecular flexibility index (Phi) is 3.80. The zero-order chi connectivity index (χ0) is 13.2. The second-order valence-corrected chi connectivity index (χ2v) is 3.62. The SMILES string of the molecule is Cc1cc(F)c(C(=O)O)cc1C(CN)C(=O)O. The Labute approximate surface area is 96.7 Å². The van der Waals surface area contributed by atoms with Crippen molar-refractivity contribution in [3.63, 3.8) is 0 Å². The molecule has 1 atom stereocenters. The smallest absolute Gasteiger partial charge is 0.338 e. The number of carboxylic acids is 2. The molecule has 0 fully saturated rings. The minimum Gasteiger partial charge on any atom is -0.481 e. The summed E-state index contributed by atoms with van der Waals surface area (Å²) in [7, 11) is 0. The van der Waals surface area contributed by atoms with Crippen LogP contribution in [0.2, 0.25) is 0 Å². The zero-order valence-electron chi connectivity index (χ0n) is 9.11. The van der Waals surface area contributed by atoms with Crippen molar-refractivity contribution in [3.05, 3.63) is 34.6 Å². The molecule has 1 rings (SSSR count). The highest BCUT2D eigenvalue weighted by Crippen LogP contribution is 2.23. The van der Waals surface area contributed by atoms with Gasteiger partial charge in [0.1, 0.15) is 5.82 Å². The number of nitrogens with two attached hydrogens (primary N) is 1. The first-order chi connectivity index (χ1) is 7.88. The van der Waals surface area contributed by atoms with E-state index in [1.54, 1.807) is 0 Å². The van der Waals surface area contributed by atoms with E-state index in [1.165, 1.54) is 6.92 Å². The summed E-state index contributed by atoms with van der Waals surface area (Å²) in [6, 6.07) is 2.03. The molecule has 1 aromatic rings. The van der Waals surface area contributed by atoms with Crippen LogP contribution in [-0.4, -0.2) is 28.7 Å². The molecule has 0 aliphatic carbocycles. The van der Waals surface area contributed by atoms with Crippen LogP contribution in [0.25, 0.3) is 0 Å². The largest absolute Gasteiger partial charge is 0.481 e. The van der Waals surface area contributed by atoms with Gasteiger partial charge in [0, 0.05) is 6.54 Å². The number of aromatic carboxylic acids is 1. The second kappa shape index (κ2) is 4.92. The average Bonchev–Trinajstić information content (AvgIpc) is 2.21. The van der Waals surface area contributed by atoms with Gasteiger partial charge in [0.25, 0.3) is 0 Å². The van der Waals surface area contributed by atoms with Gasteiger partial charge in [0.2, 0.25) is 0 Å². The van der Waals surface area contributed by atoms with Crippen molar-refractivity contribution in [1.29, 1.82) is 0 Å². The highest BCUT2D eigenvalue weighted by Gasteiger charge is 2.23. The molecule has 17 heavy (non-hydrogen) atoms. The number of carbonyl (C=O) groups is 2. The Bertz CT molecular complexity index is 473. The molecule has 1 unspecified atom stereocenters. The van der Waals surface area contributed by atoms with Crippen molar-refractivity contribution in [1.82, 2.24) is 0 Å². The van der Waals surface area contributed by atoms with Crippen molar-refractivity contribution < 1.29 is 24.2 Å². The molecule has 0 aliphatic heterocycles. The maximum atomic E-state index is 13.3. The quantitative estimate of drug-likeness (QED) is 0.728. The average molecular weight is 241 g/mol. The summed E-state index contributed by atoms with van der Waals surface area (Å²) in [4.78, 5) is 21.7. The molecule has 0 radical (unpaired) electrons. The standard InChI is InChI=1S/C11H12FNO4/c1-5-2-9(12)7(10(14)15)3-6(5)8(4-13)11(16)17/h2-3,8H,4,13H2,1H3,(H,14,15)(H,16,17). The van der Waals surface area contributed by atoms with Crippen molar-refractivity contribution in [2.24, 2.45) is 5.73 Å². The number of benzene rings is 1. The van der Waals surface area contributed by atoms with Crippen LogP contribution in [-0.2, 0) is 4.79 Å². The molecule has 5 nitrogen and oxygen atoms in total. The van der Waals surface area contributed by atoms with E-state index in [-0.39, 0.29) is 12.1 Å². The normalized spacial score (nSPS) is 12.2. The summed E-state index contributed by atoms with van der Waals surface area (Å²) in [5, 5.41) is 17.7. The Morgan fingerprint density at radius 1 is 1.41 bits per heavy atom. The molecule has 0 heterocycles. The van der Waals surface area contributed by atoms with Crippen LogP contribution < -0.4 is 5.73 Å². The Morgan fingerprint density at radius 2 is 2.00 bits per heavy atom. The highest BCUT2D eigenvalue weighted by molar-refractivity contribution is 5.89. The predicted octanol–water partition coefficient (Wildman–Crippen LogP) is 0.959. The molecule has 0 bridgehead atoms. The first-order valence-electron chi connectivity index (χ1n) is 4.84. The molecule has 0 spiro atoms. The summed E-state index contributed by atoms with van der Waals surface area (Å²) in [5.41, 5.74) is 5.35. The highest BCUT2D eigenvalue weighted by atomic mass is 19.1. The van der Waals surface area contributed by atoms with Gasteiger partial charge in [-0.25, -0.2) is 9.18 Å². The molecule has 6 heteroatoms.